The van der Waals surface area contributed by atoms with Gasteiger partial charge in [0.2, 0.25) is 5.91 Å². The number of carbonyl (C=O) groups is 3. The number of esters is 1. The van der Waals surface area contributed by atoms with E-state index in [1.807, 2.05) is 23.1 Å². The Morgan fingerprint density at radius 3 is 2.29 bits per heavy atom. The zero-order valence-electron chi connectivity index (χ0n) is 25.0. The molecule has 2 aliphatic rings. The average molecular weight is 669 g/mol. The number of benzene rings is 3. The topological polar surface area (TPSA) is 85.4 Å². The standard InChI is InChI=1S/C33H35Cl2N5O4S/c1-2-44-32(43)23-7-13-27(14-8-23)40-31(42)29(22-30(41)36-26-11-9-24(34)10-12-26)39(33(40)45)16-4-15-37-17-19-38(20-18-37)28-6-3-5-25(35)21-28/h3,5-14,21,29H,2,4,15-20,22H2,1H3,(H,36,41)/t29-/m0/s1. The predicted molar refractivity (Wildman–Crippen MR) is 182 cm³/mol. The van der Waals surface area contributed by atoms with Crippen LogP contribution in [0.4, 0.5) is 17.1 Å². The van der Waals surface area contributed by atoms with Crippen LogP contribution in [0.2, 0.25) is 10.0 Å². The molecule has 3 aromatic rings. The van der Waals surface area contributed by atoms with Crippen LogP contribution in [0, 0.1) is 0 Å². The third kappa shape index (κ3) is 8.12. The van der Waals surface area contributed by atoms with Crippen molar-refractivity contribution < 1.29 is 19.1 Å². The van der Waals surface area contributed by atoms with Crippen molar-refractivity contribution in [2.75, 3.05) is 61.0 Å². The van der Waals surface area contributed by atoms with Crippen LogP contribution >= 0.6 is 35.4 Å². The molecule has 0 spiro atoms. The van der Waals surface area contributed by atoms with Crippen molar-refractivity contribution >= 4 is 75.4 Å². The summed E-state index contributed by atoms with van der Waals surface area (Å²) in [6.07, 6.45) is 0.687. The number of anilines is 3. The molecule has 3 aromatic carbocycles. The first kappa shape index (κ1) is 32.7. The number of rotatable bonds is 11. The number of ether oxygens (including phenoxy) is 1. The summed E-state index contributed by atoms with van der Waals surface area (Å²) in [4.78, 5) is 47.1. The molecule has 1 atom stereocenters. The maximum Gasteiger partial charge on any atom is 0.338 e. The van der Waals surface area contributed by atoms with Crippen LogP contribution in [0.5, 0.6) is 0 Å². The van der Waals surface area contributed by atoms with Crippen molar-refractivity contribution in [3.63, 3.8) is 0 Å². The second-order valence-corrected chi connectivity index (χ2v) is 12.1. The van der Waals surface area contributed by atoms with Gasteiger partial charge >= 0.3 is 5.97 Å². The first-order valence-electron chi connectivity index (χ1n) is 14.9. The summed E-state index contributed by atoms with van der Waals surface area (Å²) in [6.45, 7) is 6.94. The molecule has 0 radical (unpaired) electrons. The molecule has 0 aliphatic carbocycles. The number of nitrogens with zero attached hydrogens (tertiary/aromatic N) is 4. The molecule has 1 N–H and O–H groups in total. The molecule has 2 heterocycles. The second kappa shape index (κ2) is 15.1. The van der Waals surface area contributed by atoms with Gasteiger partial charge in [-0.2, -0.15) is 0 Å². The number of amides is 2. The van der Waals surface area contributed by atoms with Crippen LogP contribution in [0.25, 0.3) is 0 Å². The van der Waals surface area contributed by atoms with Crippen LogP contribution in [-0.4, -0.2) is 84.6 Å². The number of halogens is 2. The van der Waals surface area contributed by atoms with Crippen molar-refractivity contribution in [1.82, 2.24) is 9.80 Å². The largest absolute Gasteiger partial charge is 0.462 e. The van der Waals surface area contributed by atoms with E-state index in [2.05, 4.69) is 21.2 Å². The fourth-order valence-corrected chi connectivity index (χ4v) is 6.30. The molecule has 5 rings (SSSR count). The lowest BCUT2D eigenvalue weighted by atomic mass is 10.1. The van der Waals surface area contributed by atoms with E-state index in [0.717, 1.165) is 49.9 Å². The van der Waals surface area contributed by atoms with Gasteiger partial charge in [0.15, 0.2) is 5.11 Å². The third-order valence-corrected chi connectivity index (χ3v) is 8.79. The Bertz CT molecular complexity index is 1530. The van der Waals surface area contributed by atoms with Gasteiger partial charge in [-0.25, -0.2) is 4.79 Å². The van der Waals surface area contributed by atoms with Crippen LogP contribution in [0.15, 0.2) is 72.8 Å². The zero-order chi connectivity index (χ0) is 31.9. The Morgan fingerprint density at radius 1 is 0.911 bits per heavy atom. The van der Waals surface area contributed by atoms with Gasteiger partial charge in [-0.15, -0.1) is 0 Å². The second-order valence-electron chi connectivity index (χ2n) is 10.9. The Kier molecular flexibility index (Phi) is 10.9. The zero-order valence-corrected chi connectivity index (χ0v) is 27.3. The summed E-state index contributed by atoms with van der Waals surface area (Å²) in [7, 11) is 0. The normalized spacial score (nSPS) is 17.1. The average Bonchev–Trinajstić information content (AvgIpc) is 3.26. The molecule has 0 bridgehead atoms. The summed E-state index contributed by atoms with van der Waals surface area (Å²) in [6, 6.07) is 20.5. The highest BCUT2D eigenvalue weighted by atomic mass is 35.5. The van der Waals surface area contributed by atoms with Crippen molar-refractivity contribution in [3.8, 4) is 0 Å². The monoisotopic (exact) mass is 667 g/mol. The summed E-state index contributed by atoms with van der Waals surface area (Å²) in [5.74, 6) is -1.03. The molecule has 2 aliphatic heterocycles. The number of nitrogens with one attached hydrogen (secondary N) is 1. The number of carbonyl (C=O) groups excluding carboxylic acids is 3. The molecule has 0 unspecified atom stereocenters. The van der Waals surface area contributed by atoms with Crippen LogP contribution in [-0.2, 0) is 14.3 Å². The Morgan fingerprint density at radius 2 is 1.62 bits per heavy atom. The number of hydrogen-bond acceptors (Lipinski definition) is 7. The molecule has 9 nitrogen and oxygen atoms in total. The molecule has 45 heavy (non-hydrogen) atoms. The van der Waals surface area contributed by atoms with Crippen molar-refractivity contribution in [2.45, 2.75) is 25.8 Å². The Balaban J connectivity index is 1.25. The highest BCUT2D eigenvalue weighted by Gasteiger charge is 2.44. The third-order valence-electron chi connectivity index (χ3n) is 7.88. The highest BCUT2D eigenvalue weighted by Crippen LogP contribution is 2.29. The summed E-state index contributed by atoms with van der Waals surface area (Å²) in [5.41, 5.74) is 2.62. The molecule has 2 saturated heterocycles. The smallest absolute Gasteiger partial charge is 0.338 e. The first-order valence-corrected chi connectivity index (χ1v) is 16.1. The molecule has 2 amide bonds. The summed E-state index contributed by atoms with van der Waals surface area (Å²) in [5, 5.41) is 4.48. The van der Waals surface area contributed by atoms with Gasteiger partial charge < -0.3 is 19.9 Å². The van der Waals surface area contributed by atoms with Crippen molar-refractivity contribution in [2.24, 2.45) is 0 Å². The van der Waals surface area contributed by atoms with Gasteiger partial charge in [-0.1, -0.05) is 29.3 Å². The molecule has 0 saturated carbocycles. The lowest BCUT2D eigenvalue weighted by Gasteiger charge is -2.36. The van der Waals surface area contributed by atoms with Crippen LogP contribution in [0.3, 0.4) is 0 Å². The van der Waals surface area contributed by atoms with E-state index in [0.29, 0.717) is 33.6 Å². The molecule has 0 aromatic heterocycles. The Hall–Kier alpha value is -3.70. The minimum atomic E-state index is -0.769. The van der Waals surface area contributed by atoms with Gasteiger partial charge in [0.1, 0.15) is 6.04 Å². The predicted octanol–water partition coefficient (Wildman–Crippen LogP) is 5.71. The van der Waals surface area contributed by atoms with Crippen LogP contribution in [0.1, 0.15) is 30.1 Å². The van der Waals surface area contributed by atoms with E-state index >= 15 is 0 Å². The molecular formula is C33H35Cl2N5O4S. The number of piperazine rings is 1. The van der Waals surface area contributed by atoms with E-state index < -0.39 is 12.0 Å². The van der Waals surface area contributed by atoms with Gasteiger partial charge in [0, 0.05) is 54.1 Å². The quantitative estimate of drug-likeness (QED) is 0.206. The van der Waals surface area contributed by atoms with E-state index in [1.54, 1.807) is 55.5 Å². The summed E-state index contributed by atoms with van der Waals surface area (Å²) < 4.78 is 5.08. The molecule has 12 heteroatoms. The number of thiocarbonyl (C=S) groups is 1. The lowest BCUT2D eigenvalue weighted by Crippen LogP contribution is -2.47. The Labute approximate surface area is 278 Å². The van der Waals surface area contributed by atoms with Gasteiger partial charge in [-0.3, -0.25) is 19.4 Å². The van der Waals surface area contributed by atoms with Gasteiger partial charge in [0.05, 0.1) is 24.3 Å². The van der Waals surface area contributed by atoms with Gasteiger partial charge in [0.25, 0.3) is 5.91 Å². The lowest BCUT2D eigenvalue weighted by molar-refractivity contribution is -0.124. The molecule has 2 fully saturated rings. The van der Waals surface area contributed by atoms with Gasteiger partial charge in [-0.05, 0) is 98.8 Å². The minimum Gasteiger partial charge on any atom is -0.462 e. The first-order chi connectivity index (χ1) is 21.7. The molecular weight excluding hydrogens is 633 g/mol. The fraction of sp³-hybridized carbons (Fsp3) is 0.333. The minimum absolute atomic E-state index is 0.0721. The van der Waals surface area contributed by atoms with Crippen molar-refractivity contribution in [3.05, 3.63) is 88.4 Å². The SMILES string of the molecule is CCOC(=O)c1ccc(N2C(=O)[C@H](CC(=O)Nc3ccc(Cl)cc3)N(CCCN3CCN(c4cccc(Cl)c4)CC3)C2=S)cc1. The highest BCUT2D eigenvalue weighted by molar-refractivity contribution is 7.80. The van der Waals surface area contributed by atoms with Crippen LogP contribution < -0.4 is 15.1 Å². The van der Waals surface area contributed by atoms with E-state index in [-0.39, 0.29) is 24.8 Å². The summed E-state index contributed by atoms with van der Waals surface area (Å²) >= 11 is 18.0. The van der Waals surface area contributed by atoms with Crippen molar-refractivity contribution in [1.29, 1.82) is 0 Å². The van der Waals surface area contributed by atoms with E-state index in [9.17, 15) is 14.4 Å². The fourth-order valence-electron chi connectivity index (χ4n) is 5.57. The maximum absolute atomic E-state index is 13.8. The van der Waals surface area contributed by atoms with E-state index in [4.69, 9.17) is 40.2 Å². The maximum atomic E-state index is 13.8. The number of hydrogen-bond donors (Lipinski definition) is 1. The van der Waals surface area contributed by atoms with E-state index in [1.165, 1.54) is 4.90 Å². The molecule has 236 valence electrons.